The number of piperidine rings is 1. The maximum absolute atomic E-state index is 14.6. The number of methoxy groups -OCH3 is 1. The van der Waals surface area contributed by atoms with Crippen molar-refractivity contribution in [2.24, 2.45) is 0 Å². The molecule has 1 fully saturated rings. The molecule has 0 unspecified atom stereocenters. The van der Waals surface area contributed by atoms with Gasteiger partial charge in [0.1, 0.15) is 17.7 Å². The van der Waals surface area contributed by atoms with Crippen molar-refractivity contribution in [2.45, 2.75) is 44.5 Å². The number of hydrogen-bond acceptors (Lipinski definition) is 8. The fourth-order valence-corrected chi connectivity index (χ4v) is 5.52. The van der Waals surface area contributed by atoms with Crippen molar-refractivity contribution in [2.75, 3.05) is 40.4 Å². The van der Waals surface area contributed by atoms with Gasteiger partial charge < -0.3 is 29.7 Å². The lowest BCUT2D eigenvalue weighted by Crippen LogP contribution is -2.59. The number of nitrogens with one attached hydrogen (secondary N) is 2. The van der Waals surface area contributed by atoms with Gasteiger partial charge in [0.25, 0.3) is 5.91 Å². The molecule has 0 spiro atoms. The summed E-state index contributed by atoms with van der Waals surface area (Å²) >= 11 is 0. The van der Waals surface area contributed by atoms with E-state index in [1.54, 1.807) is 35.5 Å². The van der Waals surface area contributed by atoms with Crippen molar-refractivity contribution in [3.8, 4) is 17.2 Å². The summed E-state index contributed by atoms with van der Waals surface area (Å²) in [6.45, 7) is 1.19. The van der Waals surface area contributed by atoms with Gasteiger partial charge in [0.15, 0.2) is 18.1 Å². The van der Waals surface area contributed by atoms with E-state index in [1.807, 2.05) is 30.1 Å². The number of carbonyl (C=O) groups is 3. The summed E-state index contributed by atoms with van der Waals surface area (Å²) in [7, 11) is 3.38. The van der Waals surface area contributed by atoms with Crippen molar-refractivity contribution < 1.29 is 33.0 Å². The Morgan fingerprint density at radius 1 is 1.09 bits per heavy atom. The highest BCUT2D eigenvalue weighted by Gasteiger charge is 2.34. The van der Waals surface area contributed by atoms with Gasteiger partial charge in [-0.1, -0.05) is 6.07 Å². The summed E-state index contributed by atoms with van der Waals surface area (Å²) in [5.41, 5.74) is 2.42. The lowest BCUT2D eigenvalue weighted by atomic mass is 10.0. The third kappa shape index (κ3) is 8.91. The minimum Gasteiger partial charge on any atom is -0.493 e. The van der Waals surface area contributed by atoms with Crippen molar-refractivity contribution in [3.63, 3.8) is 0 Å². The van der Waals surface area contributed by atoms with Gasteiger partial charge in [-0.3, -0.25) is 24.3 Å². The molecule has 3 amide bonds. The molecule has 0 aliphatic carbocycles. The number of likely N-dealkylation sites (N-methyl/N-ethyl adjacent to an activating group) is 1. The number of aromatic nitrogens is 1. The number of ether oxygens (including phenoxy) is 3. The SMILES string of the molecule is COc1ccc2cc1OCC(=O)N[C@@H]1CN(C(=O)CN(C)Cc3ccncc3)CC[C@H]1Oc1cc(F)cc(c1)CNC(=O)CC2. The smallest absolute Gasteiger partial charge is 0.258 e. The molecule has 12 heteroatoms. The predicted molar refractivity (Wildman–Crippen MR) is 163 cm³/mol. The minimum absolute atomic E-state index is 0.0831. The minimum atomic E-state index is -0.595. The Morgan fingerprint density at radius 3 is 2.71 bits per heavy atom. The number of rotatable bonds is 5. The van der Waals surface area contributed by atoms with Crippen LogP contribution in [0.25, 0.3) is 0 Å². The van der Waals surface area contributed by atoms with Crippen LogP contribution in [0.5, 0.6) is 17.2 Å². The summed E-state index contributed by atoms with van der Waals surface area (Å²) in [4.78, 5) is 46.8. The summed E-state index contributed by atoms with van der Waals surface area (Å²) in [5, 5.41) is 5.82. The molecule has 3 heterocycles. The summed E-state index contributed by atoms with van der Waals surface area (Å²) in [6, 6.07) is 12.8. The normalized spacial score (nSPS) is 19.2. The van der Waals surface area contributed by atoms with E-state index in [0.29, 0.717) is 43.0 Å². The molecule has 238 valence electrons. The van der Waals surface area contributed by atoms with E-state index in [0.717, 1.165) is 11.1 Å². The Hall–Kier alpha value is -4.71. The molecule has 2 atom stereocenters. The molecule has 0 radical (unpaired) electrons. The highest BCUT2D eigenvalue weighted by atomic mass is 19.1. The molecule has 45 heavy (non-hydrogen) atoms. The van der Waals surface area contributed by atoms with E-state index < -0.39 is 23.9 Å². The second-order valence-corrected chi connectivity index (χ2v) is 11.3. The first-order chi connectivity index (χ1) is 21.7. The van der Waals surface area contributed by atoms with E-state index >= 15 is 0 Å². The zero-order chi connectivity index (χ0) is 31.8. The Labute approximate surface area is 261 Å². The number of nitrogens with zero attached hydrogens (tertiary/aromatic N) is 3. The van der Waals surface area contributed by atoms with Crippen molar-refractivity contribution in [3.05, 3.63) is 83.4 Å². The summed E-state index contributed by atoms with van der Waals surface area (Å²) in [6.07, 6.45) is 3.93. The first kappa shape index (κ1) is 31.7. The zero-order valence-corrected chi connectivity index (χ0v) is 25.5. The summed E-state index contributed by atoms with van der Waals surface area (Å²) in [5.74, 6) is -0.0804. The van der Waals surface area contributed by atoms with E-state index in [-0.39, 0.29) is 50.2 Å². The van der Waals surface area contributed by atoms with Gasteiger partial charge in [0, 0.05) is 57.5 Å². The van der Waals surface area contributed by atoms with Gasteiger partial charge in [-0.05, 0) is 66.6 Å². The highest BCUT2D eigenvalue weighted by Crippen LogP contribution is 2.29. The molecule has 2 aliphatic heterocycles. The number of aryl methyl sites for hydroxylation is 1. The van der Waals surface area contributed by atoms with Crippen LogP contribution in [0.1, 0.15) is 29.5 Å². The first-order valence-electron chi connectivity index (χ1n) is 14.9. The number of likely N-dealkylation sites (tertiary alicyclic amines) is 1. The van der Waals surface area contributed by atoms with Crippen LogP contribution >= 0.6 is 0 Å². The van der Waals surface area contributed by atoms with Gasteiger partial charge in [0.2, 0.25) is 11.8 Å². The maximum atomic E-state index is 14.6. The highest BCUT2D eigenvalue weighted by molar-refractivity contribution is 5.80. The predicted octanol–water partition coefficient (Wildman–Crippen LogP) is 2.47. The molecule has 2 aromatic carbocycles. The van der Waals surface area contributed by atoms with Crippen LogP contribution in [0, 0.1) is 5.82 Å². The standard InChI is InChI=1S/C33H38FN5O6/c1-38(18-23-7-10-35-11-8-23)20-33(42)39-12-9-28-27(19-39)37-32(41)21-44-30-15-22(3-5-29(30)43-2)4-6-31(40)36-17-24-13-25(34)16-26(14-24)45-28/h3,5,7-8,10-11,13-16,27-28H,4,6,9,12,17-21H2,1-2H3,(H,36,40)(H,37,41)/t27-,28-/m1/s1. The van der Waals surface area contributed by atoms with E-state index in [2.05, 4.69) is 15.6 Å². The third-order valence-corrected chi connectivity index (χ3v) is 7.79. The number of fused-ring (bicyclic) bond motifs is 5. The van der Waals surface area contributed by atoms with Crippen molar-refractivity contribution >= 4 is 17.7 Å². The Bertz CT molecular complexity index is 1510. The van der Waals surface area contributed by atoms with Crippen LogP contribution in [0.3, 0.4) is 0 Å². The quantitative estimate of drug-likeness (QED) is 0.447. The number of carbonyl (C=O) groups excluding carboxylic acids is 3. The average Bonchev–Trinajstić information content (AvgIpc) is 3.02. The first-order valence-corrected chi connectivity index (χ1v) is 14.9. The second-order valence-electron chi connectivity index (χ2n) is 11.3. The third-order valence-electron chi connectivity index (χ3n) is 7.79. The topological polar surface area (TPSA) is 122 Å². The molecule has 2 N–H and O–H groups in total. The van der Waals surface area contributed by atoms with E-state index in [1.165, 1.54) is 19.2 Å². The molecule has 2 aliphatic rings. The van der Waals surface area contributed by atoms with Crippen molar-refractivity contribution in [1.82, 2.24) is 25.4 Å². The molecule has 3 aromatic rings. The number of halogens is 1. The monoisotopic (exact) mass is 619 g/mol. The Morgan fingerprint density at radius 2 is 1.91 bits per heavy atom. The van der Waals surface area contributed by atoms with Gasteiger partial charge in [-0.15, -0.1) is 0 Å². The van der Waals surface area contributed by atoms with Crippen LogP contribution in [0.4, 0.5) is 4.39 Å². The molecule has 0 saturated carbocycles. The lowest BCUT2D eigenvalue weighted by molar-refractivity contribution is -0.136. The maximum Gasteiger partial charge on any atom is 0.258 e. The Kier molecular flexibility index (Phi) is 10.5. The number of hydrogen-bond donors (Lipinski definition) is 2. The fraction of sp³-hybridized carbons (Fsp3) is 0.394. The van der Waals surface area contributed by atoms with Gasteiger partial charge in [0.05, 0.1) is 19.7 Å². The molecule has 11 nitrogen and oxygen atoms in total. The molecule has 5 rings (SSSR count). The van der Waals surface area contributed by atoms with Gasteiger partial charge >= 0.3 is 0 Å². The largest absolute Gasteiger partial charge is 0.493 e. The van der Waals surface area contributed by atoms with Crippen LogP contribution in [-0.4, -0.2) is 85.0 Å². The van der Waals surface area contributed by atoms with Crippen molar-refractivity contribution in [1.29, 1.82) is 0 Å². The molecular formula is C33H38FN5O6. The van der Waals surface area contributed by atoms with Crippen LogP contribution < -0.4 is 24.8 Å². The van der Waals surface area contributed by atoms with E-state index in [4.69, 9.17) is 14.2 Å². The van der Waals surface area contributed by atoms with E-state index in [9.17, 15) is 18.8 Å². The number of benzene rings is 2. The summed E-state index contributed by atoms with van der Waals surface area (Å²) < 4.78 is 32.1. The number of pyridine rings is 1. The molecular weight excluding hydrogens is 581 g/mol. The fourth-order valence-electron chi connectivity index (χ4n) is 5.52. The second kappa shape index (κ2) is 14.8. The molecule has 4 bridgehead atoms. The number of amides is 3. The van der Waals surface area contributed by atoms with Crippen LogP contribution in [-0.2, 0) is 33.9 Å². The van der Waals surface area contributed by atoms with Gasteiger partial charge in [-0.25, -0.2) is 4.39 Å². The molecule has 1 aromatic heterocycles. The van der Waals surface area contributed by atoms with Gasteiger partial charge in [-0.2, -0.15) is 0 Å². The molecule has 1 saturated heterocycles. The zero-order valence-electron chi connectivity index (χ0n) is 25.5. The Balaban J connectivity index is 1.34. The average molecular weight is 620 g/mol. The lowest BCUT2D eigenvalue weighted by Gasteiger charge is -2.39. The van der Waals surface area contributed by atoms with Crippen LogP contribution in [0.15, 0.2) is 60.9 Å². The van der Waals surface area contributed by atoms with Crippen LogP contribution in [0.2, 0.25) is 0 Å².